The number of amides is 2. The summed E-state index contributed by atoms with van der Waals surface area (Å²) in [4.78, 5) is 37.0. The first-order chi connectivity index (χ1) is 18.5. The summed E-state index contributed by atoms with van der Waals surface area (Å²) in [5, 5.41) is 8.23. The number of aromatic carboxylic acids is 1. The third-order valence-corrected chi connectivity index (χ3v) is 6.57. The van der Waals surface area contributed by atoms with Crippen LogP contribution >= 0.6 is 11.8 Å². The SMILES string of the molecule is COc1cc(/C=C2\SC(=O)N(Cc3ccc(F)cc3C(F)(F)F)C2=O)ccc1OCc1ccc(C(=O)O)cc1. The molecule has 1 aliphatic rings. The zero-order valence-electron chi connectivity index (χ0n) is 20.1. The maximum absolute atomic E-state index is 13.4. The summed E-state index contributed by atoms with van der Waals surface area (Å²) >= 11 is 0.570. The number of methoxy groups -OCH3 is 1. The Morgan fingerprint density at radius 3 is 2.38 bits per heavy atom. The number of ether oxygens (including phenoxy) is 2. The molecule has 0 saturated carbocycles. The molecule has 0 atom stereocenters. The lowest BCUT2D eigenvalue weighted by Crippen LogP contribution is -2.28. The van der Waals surface area contributed by atoms with E-state index >= 15 is 0 Å². The number of hydrogen-bond acceptors (Lipinski definition) is 6. The number of thioether (sulfide) groups is 1. The topological polar surface area (TPSA) is 93.1 Å². The first-order valence-electron chi connectivity index (χ1n) is 11.2. The van der Waals surface area contributed by atoms with Gasteiger partial charge in [0, 0.05) is 0 Å². The molecule has 1 N–H and O–H groups in total. The van der Waals surface area contributed by atoms with E-state index in [0.717, 1.165) is 17.7 Å². The van der Waals surface area contributed by atoms with E-state index in [0.29, 0.717) is 39.8 Å². The predicted molar refractivity (Wildman–Crippen MR) is 134 cm³/mol. The van der Waals surface area contributed by atoms with Gasteiger partial charge >= 0.3 is 12.1 Å². The number of alkyl halides is 3. The van der Waals surface area contributed by atoms with Crippen molar-refractivity contribution >= 4 is 35.0 Å². The number of imide groups is 1. The number of carbonyl (C=O) groups excluding carboxylic acids is 2. The van der Waals surface area contributed by atoms with Crippen molar-refractivity contribution in [1.82, 2.24) is 4.90 Å². The third-order valence-electron chi connectivity index (χ3n) is 5.66. The zero-order valence-corrected chi connectivity index (χ0v) is 20.9. The summed E-state index contributed by atoms with van der Waals surface area (Å²) in [7, 11) is 1.41. The number of carboxylic acid groups (broad SMARTS) is 1. The first kappa shape index (κ1) is 27.7. The monoisotopic (exact) mass is 561 g/mol. The molecule has 2 amide bonds. The average molecular weight is 562 g/mol. The molecule has 0 unspecified atom stereocenters. The molecule has 1 heterocycles. The Morgan fingerprint density at radius 1 is 1.03 bits per heavy atom. The van der Waals surface area contributed by atoms with Crippen molar-refractivity contribution < 1.29 is 46.5 Å². The molecule has 202 valence electrons. The van der Waals surface area contributed by atoms with Gasteiger partial charge in [0.2, 0.25) is 0 Å². The summed E-state index contributed by atoms with van der Waals surface area (Å²) in [5.41, 5.74) is -0.344. The molecule has 1 saturated heterocycles. The highest BCUT2D eigenvalue weighted by molar-refractivity contribution is 8.18. The van der Waals surface area contributed by atoms with E-state index in [1.54, 1.807) is 30.3 Å². The number of benzene rings is 3. The van der Waals surface area contributed by atoms with Crippen molar-refractivity contribution in [2.24, 2.45) is 0 Å². The molecule has 4 rings (SSSR count). The van der Waals surface area contributed by atoms with Crippen LogP contribution in [0.4, 0.5) is 22.4 Å². The minimum absolute atomic E-state index is 0.00934. The van der Waals surface area contributed by atoms with Crippen molar-refractivity contribution in [2.75, 3.05) is 7.11 Å². The third kappa shape index (κ3) is 6.40. The number of rotatable bonds is 8. The van der Waals surface area contributed by atoms with Gasteiger partial charge in [-0.1, -0.05) is 24.3 Å². The highest BCUT2D eigenvalue weighted by Gasteiger charge is 2.39. The Hall–Kier alpha value is -4.32. The highest BCUT2D eigenvalue weighted by atomic mass is 32.2. The fraction of sp³-hybridized carbons (Fsp3) is 0.148. The Balaban J connectivity index is 1.49. The van der Waals surface area contributed by atoms with E-state index in [-0.39, 0.29) is 17.1 Å². The van der Waals surface area contributed by atoms with Crippen molar-refractivity contribution in [3.05, 3.63) is 99.2 Å². The van der Waals surface area contributed by atoms with Crippen LogP contribution in [-0.4, -0.2) is 34.2 Å². The van der Waals surface area contributed by atoms with Crippen LogP contribution in [0.15, 0.2) is 65.6 Å². The molecule has 39 heavy (non-hydrogen) atoms. The lowest BCUT2D eigenvalue weighted by Gasteiger charge is -2.17. The average Bonchev–Trinajstić information content (AvgIpc) is 3.15. The van der Waals surface area contributed by atoms with Crippen LogP contribution in [0.5, 0.6) is 11.5 Å². The van der Waals surface area contributed by atoms with Gasteiger partial charge < -0.3 is 14.6 Å². The van der Waals surface area contributed by atoms with Crippen molar-refractivity contribution in [3.8, 4) is 11.5 Å². The van der Waals surface area contributed by atoms with Crippen LogP contribution in [-0.2, 0) is 24.1 Å². The van der Waals surface area contributed by atoms with Gasteiger partial charge in [-0.3, -0.25) is 14.5 Å². The molecular formula is C27H19F4NO6S. The van der Waals surface area contributed by atoms with Gasteiger partial charge in [-0.05, 0) is 70.9 Å². The number of carboxylic acids is 1. The largest absolute Gasteiger partial charge is 0.493 e. The maximum Gasteiger partial charge on any atom is 0.416 e. The van der Waals surface area contributed by atoms with E-state index in [9.17, 15) is 31.9 Å². The second-order valence-electron chi connectivity index (χ2n) is 8.27. The van der Waals surface area contributed by atoms with Gasteiger partial charge in [0.05, 0.1) is 29.7 Å². The van der Waals surface area contributed by atoms with E-state index in [2.05, 4.69) is 0 Å². The quantitative estimate of drug-likeness (QED) is 0.253. The second kappa shape index (κ2) is 11.2. The lowest BCUT2D eigenvalue weighted by atomic mass is 10.1. The van der Waals surface area contributed by atoms with E-state index in [1.165, 1.54) is 25.3 Å². The Labute approximate surface area is 223 Å². The van der Waals surface area contributed by atoms with Crippen LogP contribution in [0.3, 0.4) is 0 Å². The van der Waals surface area contributed by atoms with E-state index in [1.807, 2.05) is 0 Å². The van der Waals surface area contributed by atoms with Crippen LogP contribution in [0, 0.1) is 5.82 Å². The van der Waals surface area contributed by atoms with Crippen molar-refractivity contribution in [2.45, 2.75) is 19.3 Å². The molecule has 3 aromatic carbocycles. The van der Waals surface area contributed by atoms with Crippen LogP contribution < -0.4 is 9.47 Å². The summed E-state index contributed by atoms with van der Waals surface area (Å²) < 4.78 is 64.6. The molecule has 1 aliphatic heterocycles. The van der Waals surface area contributed by atoms with Crippen molar-refractivity contribution in [3.63, 3.8) is 0 Å². The molecule has 12 heteroatoms. The van der Waals surface area contributed by atoms with Gasteiger partial charge in [0.1, 0.15) is 12.4 Å². The molecule has 0 radical (unpaired) electrons. The number of nitrogens with zero attached hydrogens (tertiary/aromatic N) is 1. The smallest absolute Gasteiger partial charge is 0.416 e. The molecule has 0 aliphatic carbocycles. The zero-order chi connectivity index (χ0) is 28.3. The Kier molecular flexibility index (Phi) is 7.95. The van der Waals surface area contributed by atoms with Gasteiger partial charge in [-0.2, -0.15) is 13.2 Å². The number of hydrogen-bond donors (Lipinski definition) is 1. The fourth-order valence-corrected chi connectivity index (χ4v) is 4.54. The lowest BCUT2D eigenvalue weighted by molar-refractivity contribution is -0.139. The molecule has 7 nitrogen and oxygen atoms in total. The summed E-state index contributed by atoms with van der Waals surface area (Å²) in [6.07, 6.45) is -3.46. The summed E-state index contributed by atoms with van der Waals surface area (Å²) in [5.74, 6) is -2.24. The minimum atomic E-state index is -4.86. The standard InChI is InChI=1S/C27H19F4NO6S/c1-37-22-10-16(4-9-21(22)38-14-15-2-5-17(6-3-15)25(34)35)11-23-24(33)32(26(36)39-23)13-18-7-8-19(28)12-20(18)27(29,30)31/h2-12H,13-14H2,1H3,(H,34,35)/b23-11-. The molecule has 1 fully saturated rings. The number of carbonyl (C=O) groups is 3. The highest BCUT2D eigenvalue weighted by Crippen LogP contribution is 2.38. The maximum atomic E-state index is 13.4. The van der Waals surface area contributed by atoms with Gasteiger partial charge in [-0.25, -0.2) is 9.18 Å². The first-order valence-corrected chi connectivity index (χ1v) is 12.0. The molecule has 0 aromatic heterocycles. The van der Waals surface area contributed by atoms with Crippen LogP contribution in [0.25, 0.3) is 6.08 Å². The molecular weight excluding hydrogens is 542 g/mol. The molecule has 3 aromatic rings. The molecule has 0 spiro atoms. The van der Waals surface area contributed by atoms with Gasteiger partial charge in [0.15, 0.2) is 11.5 Å². The molecule has 0 bridgehead atoms. The van der Waals surface area contributed by atoms with Gasteiger partial charge in [-0.15, -0.1) is 0 Å². The van der Waals surface area contributed by atoms with E-state index < -0.39 is 46.8 Å². The predicted octanol–water partition coefficient (Wildman–Crippen LogP) is 6.37. The Morgan fingerprint density at radius 2 is 1.74 bits per heavy atom. The normalized spacial score (nSPS) is 14.7. The summed E-state index contributed by atoms with van der Waals surface area (Å²) in [6, 6.07) is 12.9. The van der Waals surface area contributed by atoms with Gasteiger partial charge in [0.25, 0.3) is 11.1 Å². The summed E-state index contributed by atoms with van der Waals surface area (Å²) in [6.45, 7) is -0.543. The Bertz CT molecular complexity index is 1470. The van der Waals surface area contributed by atoms with Crippen LogP contribution in [0.1, 0.15) is 32.6 Å². The fourth-order valence-electron chi connectivity index (χ4n) is 3.71. The minimum Gasteiger partial charge on any atom is -0.493 e. The van der Waals surface area contributed by atoms with Crippen molar-refractivity contribution in [1.29, 1.82) is 0 Å². The van der Waals surface area contributed by atoms with Crippen LogP contribution in [0.2, 0.25) is 0 Å². The van der Waals surface area contributed by atoms with E-state index in [4.69, 9.17) is 14.6 Å². The second-order valence-corrected chi connectivity index (χ2v) is 9.26. The number of halogens is 4.